The van der Waals surface area contributed by atoms with Crippen LogP contribution in [0.1, 0.15) is 35.3 Å². The van der Waals surface area contributed by atoms with E-state index in [1.807, 2.05) is 17.8 Å². The van der Waals surface area contributed by atoms with Crippen LogP contribution in [0.25, 0.3) is 0 Å². The molecule has 0 aliphatic rings. The molecule has 2 N–H and O–H groups in total. The molecule has 0 bridgehead atoms. The zero-order valence-electron chi connectivity index (χ0n) is 10.7. The molecule has 1 aromatic carbocycles. The van der Waals surface area contributed by atoms with Crippen LogP contribution in [0, 0.1) is 0 Å². The average molecular weight is 278 g/mol. The largest absolute Gasteiger partial charge is 0.326 e. The van der Waals surface area contributed by atoms with E-state index in [0.717, 1.165) is 5.75 Å². The topological polar surface area (TPSA) is 38.9 Å². The molecule has 0 unspecified atom stereocenters. The second-order valence-corrected chi connectivity index (χ2v) is 6.59. The minimum Gasteiger partial charge on any atom is -0.326 e. The molecule has 0 radical (unpaired) electrons. The molecular formula is C14H18N2S2. The lowest BCUT2D eigenvalue weighted by Crippen LogP contribution is -1.99. The highest BCUT2D eigenvalue weighted by atomic mass is 32.2. The molecule has 2 aromatic rings. The molecule has 0 aliphatic heterocycles. The number of benzene rings is 1. The van der Waals surface area contributed by atoms with Crippen molar-refractivity contribution in [1.29, 1.82) is 0 Å². The average Bonchev–Trinajstić information content (AvgIpc) is 2.81. The molecule has 2 nitrogen and oxygen atoms in total. The predicted molar refractivity (Wildman–Crippen MR) is 80.1 cm³/mol. The van der Waals surface area contributed by atoms with Gasteiger partial charge in [-0.05, 0) is 18.1 Å². The van der Waals surface area contributed by atoms with Crippen LogP contribution in [0.3, 0.4) is 0 Å². The van der Waals surface area contributed by atoms with Crippen molar-refractivity contribution in [3.05, 3.63) is 45.9 Å². The Morgan fingerprint density at radius 3 is 2.56 bits per heavy atom. The maximum atomic E-state index is 5.77. The van der Waals surface area contributed by atoms with E-state index in [9.17, 15) is 0 Å². The lowest BCUT2D eigenvalue weighted by Gasteiger charge is -2.01. The molecule has 0 saturated carbocycles. The molecule has 1 heterocycles. The van der Waals surface area contributed by atoms with Crippen LogP contribution < -0.4 is 5.73 Å². The first kappa shape index (κ1) is 13.6. The van der Waals surface area contributed by atoms with Crippen LogP contribution in [-0.2, 0) is 12.3 Å². The molecular weight excluding hydrogens is 260 g/mol. The molecule has 0 atom stereocenters. The quantitative estimate of drug-likeness (QED) is 0.840. The first-order valence-electron chi connectivity index (χ1n) is 6.07. The summed E-state index contributed by atoms with van der Waals surface area (Å²) in [5.74, 6) is 1.38. The van der Waals surface area contributed by atoms with E-state index in [0.29, 0.717) is 12.5 Å². The van der Waals surface area contributed by atoms with Crippen LogP contribution in [0.15, 0.2) is 35.2 Å². The van der Waals surface area contributed by atoms with Gasteiger partial charge in [-0.1, -0.05) is 32.0 Å². The fraction of sp³-hybridized carbons (Fsp3) is 0.357. The molecule has 4 heteroatoms. The van der Waals surface area contributed by atoms with Crippen LogP contribution >= 0.6 is 23.1 Å². The summed E-state index contributed by atoms with van der Waals surface area (Å²) in [5, 5.41) is 1.17. The van der Waals surface area contributed by atoms with Gasteiger partial charge < -0.3 is 5.73 Å². The smallest absolute Gasteiger partial charge is 0.103 e. The lowest BCUT2D eigenvalue weighted by molar-refractivity contribution is 0.808. The number of aromatic nitrogens is 1. The Morgan fingerprint density at radius 2 is 2.00 bits per heavy atom. The Morgan fingerprint density at radius 1 is 1.28 bits per heavy atom. The third-order valence-corrected chi connectivity index (χ3v) is 4.91. The van der Waals surface area contributed by atoms with Crippen molar-refractivity contribution in [2.45, 2.75) is 37.0 Å². The number of thioether (sulfide) groups is 1. The van der Waals surface area contributed by atoms with E-state index >= 15 is 0 Å². The van der Waals surface area contributed by atoms with Gasteiger partial charge in [0, 0.05) is 16.3 Å². The van der Waals surface area contributed by atoms with Gasteiger partial charge in [0.2, 0.25) is 0 Å². The SMILES string of the molecule is CC(C)c1nc(CSc2ccccc2)sc1CN. The predicted octanol–water partition coefficient (Wildman–Crippen LogP) is 4.02. The summed E-state index contributed by atoms with van der Waals surface area (Å²) in [7, 11) is 0. The first-order chi connectivity index (χ1) is 8.70. The second kappa shape index (κ2) is 6.36. The van der Waals surface area contributed by atoms with Crippen molar-refractivity contribution in [1.82, 2.24) is 4.98 Å². The number of rotatable bonds is 5. The fourth-order valence-corrected chi connectivity index (χ4v) is 3.75. The Balaban J connectivity index is 2.06. The molecule has 0 fully saturated rings. The van der Waals surface area contributed by atoms with Gasteiger partial charge in [-0.15, -0.1) is 23.1 Å². The number of nitrogens with zero attached hydrogens (tertiary/aromatic N) is 1. The lowest BCUT2D eigenvalue weighted by atomic mass is 10.1. The minimum atomic E-state index is 0.454. The number of thiazole rings is 1. The summed E-state index contributed by atoms with van der Waals surface area (Å²) >= 11 is 3.57. The van der Waals surface area contributed by atoms with Gasteiger partial charge in [-0.3, -0.25) is 0 Å². The maximum Gasteiger partial charge on any atom is 0.103 e. The molecule has 0 amide bonds. The van der Waals surface area contributed by atoms with Crippen molar-refractivity contribution in [3.8, 4) is 0 Å². The number of nitrogens with two attached hydrogens (primary N) is 1. The third-order valence-electron chi connectivity index (χ3n) is 2.61. The monoisotopic (exact) mass is 278 g/mol. The number of hydrogen-bond acceptors (Lipinski definition) is 4. The maximum absolute atomic E-state index is 5.77. The third kappa shape index (κ3) is 3.34. The van der Waals surface area contributed by atoms with Crippen molar-refractivity contribution in [2.75, 3.05) is 0 Å². The molecule has 18 heavy (non-hydrogen) atoms. The van der Waals surface area contributed by atoms with Crippen LogP contribution in [0.2, 0.25) is 0 Å². The summed E-state index contributed by atoms with van der Waals surface area (Å²) in [4.78, 5) is 7.23. The first-order valence-corrected chi connectivity index (χ1v) is 7.87. The summed E-state index contributed by atoms with van der Waals surface area (Å²) in [6, 6.07) is 10.4. The van der Waals surface area contributed by atoms with E-state index in [2.05, 4.69) is 38.1 Å². The van der Waals surface area contributed by atoms with Gasteiger partial charge in [0.15, 0.2) is 0 Å². The Kier molecular flexibility index (Phi) is 4.80. The second-order valence-electron chi connectivity index (χ2n) is 4.38. The van der Waals surface area contributed by atoms with Crippen LogP contribution in [0.5, 0.6) is 0 Å². The van der Waals surface area contributed by atoms with E-state index in [4.69, 9.17) is 10.7 Å². The Hall–Kier alpha value is -0.840. The standard InChI is InChI=1S/C14H18N2S2/c1-10(2)14-12(8-15)18-13(16-14)9-17-11-6-4-3-5-7-11/h3-7,10H,8-9,15H2,1-2H3. The van der Waals surface area contributed by atoms with Crippen molar-refractivity contribution in [2.24, 2.45) is 5.73 Å². The van der Waals surface area contributed by atoms with E-state index < -0.39 is 0 Å². The fourth-order valence-electron chi connectivity index (χ4n) is 1.73. The molecule has 0 aliphatic carbocycles. The van der Waals surface area contributed by atoms with Gasteiger partial charge in [0.1, 0.15) is 5.01 Å². The zero-order valence-corrected chi connectivity index (χ0v) is 12.4. The zero-order chi connectivity index (χ0) is 13.0. The highest BCUT2D eigenvalue weighted by molar-refractivity contribution is 7.98. The number of hydrogen-bond donors (Lipinski definition) is 1. The van der Waals surface area contributed by atoms with Crippen molar-refractivity contribution >= 4 is 23.1 Å². The summed E-state index contributed by atoms with van der Waals surface area (Å²) in [6.07, 6.45) is 0. The molecule has 1 aromatic heterocycles. The van der Waals surface area contributed by atoms with Gasteiger partial charge in [0.05, 0.1) is 11.4 Å². The molecule has 0 saturated heterocycles. The van der Waals surface area contributed by atoms with Gasteiger partial charge in [-0.25, -0.2) is 4.98 Å². The Bertz CT molecular complexity index is 492. The minimum absolute atomic E-state index is 0.454. The van der Waals surface area contributed by atoms with E-state index in [1.165, 1.54) is 20.5 Å². The van der Waals surface area contributed by atoms with Gasteiger partial charge in [0.25, 0.3) is 0 Å². The highest BCUT2D eigenvalue weighted by Crippen LogP contribution is 2.29. The molecule has 96 valence electrons. The van der Waals surface area contributed by atoms with Crippen LogP contribution in [0.4, 0.5) is 0 Å². The summed E-state index contributed by atoms with van der Waals surface area (Å²) in [6.45, 7) is 4.94. The van der Waals surface area contributed by atoms with Gasteiger partial charge in [-0.2, -0.15) is 0 Å². The highest BCUT2D eigenvalue weighted by Gasteiger charge is 2.12. The summed E-state index contributed by atoms with van der Waals surface area (Å²) in [5.41, 5.74) is 6.95. The molecule has 0 spiro atoms. The van der Waals surface area contributed by atoms with Crippen LogP contribution in [-0.4, -0.2) is 4.98 Å². The van der Waals surface area contributed by atoms with E-state index in [1.54, 1.807) is 11.3 Å². The van der Waals surface area contributed by atoms with Crippen molar-refractivity contribution in [3.63, 3.8) is 0 Å². The van der Waals surface area contributed by atoms with Gasteiger partial charge >= 0.3 is 0 Å². The summed E-state index contributed by atoms with van der Waals surface area (Å²) < 4.78 is 0. The normalized spacial score (nSPS) is 11.1. The van der Waals surface area contributed by atoms with E-state index in [-0.39, 0.29) is 0 Å². The Labute approximate surface area is 117 Å². The van der Waals surface area contributed by atoms with Crippen molar-refractivity contribution < 1.29 is 0 Å². The molecule has 2 rings (SSSR count).